The number of aromatic carboxylic acids is 1. The molecule has 0 saturated carbocycles. The van der Waals surface area contributed by atoms with Crippen LogP contribution >= 0.6 is 15.9 Å². The average molecular weight is 2150 g/mol. The first-order valence-electron chi connectivity index (χ1n) is 47.9. The monoisotopic (exact) mass is 2150 g/mol. The fourth-order valence-electron chi connectivity index (χ4n) is 15.5. The van der Waals surface area contributed by atoms with Crippen LogP contribution in [0, 0.1) is 48.8 Å². The van der Waals surface area contributed by atoms with Gasteiger partial charge >= 0.3 is 24.1 Å². The quantitative estimate of drug-likeness (QED) is 0.00571. The zero-order valence-electron chi connectivity index (χ0n) is 84.0. The average Bonchev–Trinajstić information content (AvgIpc) is 1.79. The van der Waals surface area contributed by atoms with Gasteiger partial charge in [-0.15, -0.1) is 0 Å². The van der Waals surface area contributed by atoms with Crippen LogP contribution in [0.2, 0.25) is 0 Å². The Morgan fingerprint density at radius 3 is 1.30 bits per heavy atom. The summed E-state index contributed by atoms with van der Waals surface area (Å²) in [6.07, 6.45) is 11.0. The predicted octanol–water partition coefficient (Wildman–Crippen LogP) is 14.7. The molecular formula is C103H162BrF6N13O17Pd. The van der Waals surface area contributed by atoms with Gasteiger partial charge in [0, 0.05) is 114 Å². The Labute approximate surface area is 854 Å². The number of unbranched alkanes of at least 4 members (excludes halogenated alkanes) is 1. The molecule has 800 valence electrons. The Morgan fingerprint density at radius 2 is 0.908 bits per heavy atom. The van der Waals surface area contributed by atoms with Crippen LogP contribution < -0.4 is 48.3 Å². The third-order valence-corrected chi connectivity index (χ3v) is 22.1. The van der Waals surface area contributed by atoms with Crippen LogP contribution in [0.3, 0.4) is 0 Å². The number of alkyl carbamates (subject to hydrolysis) is 2. The minimum absolute atomic E-state index is 0. The van der Waals surface area contributed by atoms with E-state index >= 15 is 0 Å². The number of carboxylic acids is 2. The van der Waals surface area contributed by atoms with Crippen molar-refractivity contribution in [3.05, 3.63) is 176 Å². The summed E-state index contributed by atoms with van der Waals surface area (Å²) in [4.78, 5) is 129. The molecule has 4 saturated heterocycles. The van der Waals surface area contributed by atoms with Gasteiger partial charge in [0.2, 0.25) is 17.7 Å². The van der Waals surface area contributed by atoms with Crippen LogP contribution in [-0.4, -0.2) is 277 Å². The number of hydrogen-bond acceptors (Lipinski definition) is 20. The summed E-state index contributed by atoms with van der Waals surface area (Å²) in [5.41, 5.74) is 7.64. The predicted molar refractivity (Wildman–Crippen MR) is 539 cm³/mol. The number of amides is 8. The minimum atomic E-state index is -1.23. The Balaban J connectivity index is 0.00000177. The Hall–Kier alpha value is -9.20. The van der Waals surface area contributed by atoms with E-state index in [0.717, 1.165) is 150 Å². The van der Waals surface area contributed by atoms with Crippen LogP contribution in [0.15, 0.2) is 91.0 Å². The molecule has 0 unspecified atom stereocenters. The number of carboxylic acid groups (broad SMARTS) is 2. The maximum absolute atomic E-state index is 14.1. The van der Waals surface area contributed by atoms with Gasteiger partial charge in [-0.05, 0) is 318 Å². The van der Waals surface area contributed by atoms with E-state index in [1.54, 1.807) is 113 Å². The van der Waals surface area contributed by atoms with Crippen molar-refractivity contribution >= 4 is 75.5 Å². The van der Waals surface area contributed by atoms with E-state index in [9.17, 15) is 84.5 Å². The summed E-state index contributed by atoms with van der Waals surface area (Å²) in [5.74, 6) is -5.16. The van der Waals surface area contributed by atoms with Crippen molar-refractivity contribution < 1.29 is 129 Å². The zero-order chi connectivity index (χ0) is 104. The number of likely N-dealkylation sites (tertiary alicyclic amines) is 2. The molecule has 141 heavy (non-hydrogen) atoms. The number of aliphatic hydroxyl groups excluding tert-OH is 2. The molecule has 9 rings (SSSR count). The molecule has 0 bridgehead atoms. The van der Waals surface area contributed by atoms with Gasteiger partial charge < -0.3 is 103 Å². The molecule has 38 heteroatoms. The molecule has 0 aliphatic carbocycles. The first-order valence-corrected chi connectivity index (χ1v) is 49.5. The first-order chi connectivity index (χ1) is 65.3. The van der Waals surface area contributed by atoms with Crippen molar-refractivity contribution in [2.24, 2.45) is 5.73 Å². The number of benzene rings is 5. The summed E-state index contributed by atoms with van der Waals surface area (Å²) in [6.45, 7) is 30.2. The molecule has 4 aliphatic heterocycles. The maximum atomic E-state index is 14.1. The number of epoxide rings is 1. The number of aliphatic carboxylic acids is 1. The molecule has 0 aromatic heterocycles. The van der Waals surface area contributed by atoms with Gasteiger partial charge in [-0.25, -0.2) is 40.7 Å². The summed E-state index contributed by atoms with van der Waals surface area (Å²) >= 11 is 2.94. The molecule has 14 N–H and O–H groups in total. The van der Waals surface area contributed by atoms with E-state index in [0.29, 0.717) is 94.9 Å². The van der Waals surface area contributed by atoms with E-state index < -0.39 is 106 Å². The second-order valence-electron chi connectivity index (χ2n) is 36.6. The SMILES string of the molecule is C.C.CBr.CC(C)(C)OC(=O)N[C@@H](Cc1cc(F)cc(F)c1)[C@H]1CO1.CCCN(CCC)C(=O)c1cc(C)cc(C(=O)O)c1.CCCN[C@H]1CCCCN(C[C@@H](O)[C@H](Cc2cc(F)cc(F)c2)NC(=O)c2cc(C)cc(C(=O)N(CCC)CCC)c2)C1=O.CN[C@@H]1CCCCNC1=O.CN[C@H](CCCCN)C(=O)O.CN[C@H]1CCCCN(C[C@@H](O)[C@H](Cc2cc(F)cc(F)c2)NC(=O)OC(C)(C)C)C1=O.[Pd]. The van der Waals surface area contributed by atoms with Gasteiger partial charge in [0.25, 0.3) is 17.7 Å². The van der Waals surface area contributed by atoms with Crippen molar-refractivity contribution in [2.45, 2.75) is 305 Å². The number of nitrogens with one attached hydrogen (secondary N) is 8. The number of carbonyl (C=O) groups is 10. The van der Waals surface area contributed by atoms with Gasteiger partial charge in [0.1, 0.15) is 58.3 Å². The number of β-amino-alcohol motifs (C(OH)–C–C–N with tert-alkyl or cyclic N) is 2. The van der Waals surface area contributed by atoms with Crippen LogP contribution in [0.5, 0.6) is 0 Å². The molecule has 30 nitrogen and oxygen atoms in total. The number of nitrogens with zero attached hydrogens (tertiary/aromatic N) is 4. The Kier molecular flexibility index (Phi) is 65.2. The first kappa shape index (κ1) is 132. The van der Waals surface area contributed by atoms with Gasteiger partial charge in [-0.3, -0.25) is 33.6 Å². The fraction of sp³-hybridized carbons (Fsp3) is 0.612. The van der Waals surface area contributed by atoms with Gasteiger partial charge in [0.15, 0.2) is 0 Å². The summed E-state index contributed by atoms with van der Waals surface area (Å²) in [5, 5.41) is 62.9. The van der Waals surface area contributed by atoms with Crippen LogP contribution in [-0.2, 0) is 73.1 Å². The number of aliphatic hydroxyl groups is 2. The number of alkyl halides is 1. The molecule has 0 radical (unpaired) electrons. The smallest absolute Gasteiger partial charge is 0.407 e. The van der Waals surface area contributed by atoms with Crippen molar-refractivity contribution in [1.29, 1.82) is 0 Å². The normalized spacial score (nSPS) is 16.7. The number of halogens is 7. The minimum Gasteiger partial charge on any atom is -0.480 e. The number of hydrogen-bond donors (Lipinski definition) is 13. The summed E-state index contributed by atoms with van der Waals surface area (Å²) in [7, 11) is 5.20. The number of nitrogens with two attached hydrogens (primary N) is 1. The van der Waals surface area contributed by atoms with E-state index in [-0.39, 0.29) is 150 Å². The Morgan fingerprint density at radius 1 is 0.525 bits per heavy atom. The van der Waals surface area contributed by atoms with E-state index in [1.807, 2.05) is 47.5 Å². The number of likely N-dealkylation sites (N-methyl/N-ethyl adjacent to an activating group) is 3. The van der Waals surface area contributed by atoms with Gasteiger partial charge in [0.05, 0.1) is 60.6 Å². The molecule has 4 fully saturated rings. The molecular weight excluding hydrogens is 1990 g/mol. The standard InChI is InChI=1S/C34H48F2N4O4.C22H33F2N3O4.C15H19F2NO3.C15H21NO3.C7H16N2O2.C7H14N2O.CH3Br.2CH4.Pd/c1-5-11-37-29-10-8-9-14-40(34(29)44)22-31(41)30(19-24-17-27(35)21-28(36)18-24)38-32(42)25-15-23(4)16-26(20-25)33(43)39(12-6-2)13-7-3;1-22(2,3)31-21(30)26-18(11-14-9-15(23)12-16(24)10-14)19(28)13-27-8-6-5-7-17(25-4)20(27)29;1-15(2,3)21-14(19)18-12(13-8-20-13)6-9-4-10(16)7-11(17)5-9;1-4-6-16(7-5-2)14(17)12-8-11(3)9-13(10-12)15(18)19;1-9-6(7(10)11)4-2-3-5-8;1-8-6-4-2-3-5-9-7(6)10;1-2;;;/h15-18,20-21,29-31,37,41H,5-14,19,22H2,1-4H3,(H,38,42);9-10,12,17-19,25,28H,5-8,11,13H2,1-4H3,(H,26,30);4-5,7,12-13H,6,8H2,1-3H3,(H,18,19);8-10H,4-7H2,1-3H3,(H,18,19);6,9H,2-5,8H2,1H3,(H,10,11);6,8H,2-5H2,1H3,(H,9,10);1H3;2*1H4;/t29-,30-,31+;17-,18-,19+;12-,13+;;2*6-;;;;/m000.11..../s1. The summed E-state index contributed by atoms with van der Waals surface area (Å²) < 4.78 is 97.4. The number of aryl methyl sites for hydroxylation is 2. The molecule has 4 heterocycles. The largest absolute Gasteiger partial charge is 0.480 e. The number of carbonyl (C=O) groups excluding carboxylic acids is 8. The molecule has 5 aromatic carbocycles. The molecule has 8 amide bonds. The van der Waals surface area contributed by atoms with Gasteiger partial charge in [-0.1, -0.05) is 71.8 Å². The van der Waals surface area contributed by atoms with Crippen LogP contribution in [0.4, 0.5) is 35.9 Å². The molecule has 10 atom stereocenters. The third-order valence-electron chi connectivity index (χ3n) is 22.1. The van der Waals surface area contributed by atoms with Crippen molar-refractivity contribution in [2.75, 3.05) is 106 Å². The van der Waals surface area contributed by atoms with E-state index in [2.05, 4.69) is 58.5 Å². The van der Waals surface area contributed by atoms with Crippen molar-refractivity contribution in [3.8, 4) is 0 Å². The maximum Gasteiger partial charge on any atom is 0.407 e. The van der Waals surface area contributed by atoms with E-state index in [1.165, 1.54) is 24.3 Å². The Bertz CT molecular complexity index is 4530. The number of rotatable bonds is 39. The molecule has 0 spiro atoms. The zero-order valence-corrected chi connectivity index (χ0v) is 87.1. The van der Waals surface area contributed by atoms with Gasteiger partial charge in [-0.2, -0.15) is 0 Å². The second-order valence-corrected chi connectivity index (χ2v) is 36.6. The van der Waals surface area contributed by atoms with Crippen molar-refractivity contribution in [1.82, 2.24) is 62.1 Å². The van der Waals surface area contributed by atoms with Crippen LogP contribution in [0.1, 0.15) is 269 Å². The molecule has 5 aromatic rings. The molecule has 4 aliphatic rings. The summed E-state index contributed by atoms with van der Waals surface area (Å²) in [6, 6.07) is 15.8. The van der Waals surface area contributed by atoms with E-state index in [4.69, 9.17) is 30.2 Å². The van der Waals surface area contributed by atoms with Crippen LogP contribution in [0.25, 0.3) is 0 Å². The topological polar surface area (TPSA) is 418 Å². The fourth-order valence-corrected chi connectivity index (χ4v) is 15.5. The number of ether oxygens (including phenoxy) is 3. The third kappa shape index (κ3) is 51.7. The second kappa shape index (κ2) is 69.7. The van der Waals surface area contributed by atoms with Crippen molar-refractivity contribution in [3.63, 3.8) is 0 Å².